The van der Waals surface area contributed by atoms with Crippen LogP contribution in [0.2, 0.25) is 0 Å². The van der Waals surface area contributed by atoms with Gasteiger partial charge in [0.15, 0.2) is 5.82 Å². The fourth-order valence-electron chi connectivity index (χ4n) is 5.05. The molecule has 1 heterocycles. The largest absolute Gasteiger partial charge is 0.389 e. The lowest BCUT2D eigenvalue weighted by Gasteiger charge is -2.54. The number of fused-ring (bicyclic) bond motifs is 1. The number of hydrogen-bond acceptors (Lipinski definition) is 5. The Morgan fingerprint density at radius 1 is 1.39 bits per heavy atom. The van der Waals surface area contributed by atoms with Gasteiger partial charge in [-0.15, -0.1) is 0 Å². The fourth-order valence-corrected chi connectivity index (χ4v) is 6.24. The van der Waals surface area contributed by atoms with Crippen LogP contribution in [0.4, 0.5) is 5.82 Å². The van der Waals surface area contributed by atoms with Crippen LogP contribution in [0, 0.1) is 40.2 Å². The van der Waals surface area contributed by atoms with Gasteiger partial charge >= 0.3 is 5.82 Å². The molecule has 1 saturated carbocycles. The van der Waals surface area contributed by atoms with Crippen molar-refractivity contribution >= 4 is 17.6 Å². The predicted molar refractivity (Wildman–Crippen MR) is 113 cm³/mol. The number of aliphatic hydroxyl groups is 1. The minimum atomic E-state index is -0.360. The molecule has 0 bridgehead atoms. The monoisotopic (exact) mass is 407 g/mol. The molecule has 0 radical (unpaired) electrons. The molecule has 1 aromatic rings. The van der Waals surface area contributed by atoms with E-state index in [2.05, 4.69) is 31.8 Å². The average molecular weight is 408 g/mol. The first-order valence-electron chi connectivity index (χ1n) is 10.3. The van der Waals surface area contributed by atoms with Gasteiger partial charge in [-0.05, 0) is 72.0 Å². The molecule has 156 valence electrons. The van der Waals surface area contributed by atoms with Crippen LogP contribution in [-0.2, 0) is 6.54 Å². The summed E-state index contributed by atoms with van der Waals surface area (Å²) in [6, 6.07) is 0. The van der Waals surface area contributed by atoms with Crippen LogP contribution in [-0.4, -0.2) is 37.2 Å². The Labute approximate surface area is 172 Å². The number of allylic oxidation sites excluding steroid dienone is 1. The summed E-state index contributed by atoms with van der Waals surface area (Å²) in [6.07, 6.45) is 7.52. The highest BCUT2D eigenvalue weighted by Gasteiger charge is 2.49. The van der Waals surface area contributed by atoms with Crippen LogP contribution >= 0.6 is 11.8 Å². The molecular formula is C21H33N3O3S. The van der Waals surface area contributed by atoms with Crippen LogP contribution in [0.15, 0.2) is 17.8 Å². The standard InChI is InChI=1S/C21H33N3O3S/c1-14-5-7-18-17(11-21(18,3)4)16(6-8-19(14)25)13-28-10-9-23-15(2)22-12-20(23)24(26)27/h5,12,16-19,25H,6-11,13H2,1-4H3/b14-5-/t16?,17-,18-,19-/m1/s1. The molecule has 2 aliphatic carbocycles. The van der Waals surface area contributed by atoms with E-state index in [4.69, 9.17) is 0 Å². The van der Waals surface area contributed by atoms with Crippen molar-refractivity contribution in [2.45, 2.75) is 66.0 Å². The number of rotatable bonds is 6. The molecule has 0 spiro atoms. The lowest BCUT2D eigenvalue weighted by atomic mass is 9.51. The van der Waals surface area contributed by atoms with Gasteiger partial charge in [-0.2, -0.15) is 11.8 Å². The first-order chi connectivity index (χ1) is 13.2. The van der Waals surface area contributed by atoms with E-state index < -0.39 is 0 Å². The molecule has 0 aliphatic heterocycles. The Morgan fingerprint density at radius 3 is 2.82 bits per heavy atom. The van der Waals surface area contributed by atoms with Crippen molar-refractivity contribution < 1.29 is 10.0 Å². The van der Waals surface area contributed by atoms with Crippen molar-refractivity contribution in [3.63, 3.8) is 0 Å². The molecule has 7 heteroatoms. The second-order valence-electron chi connectivity index (χ2n) is 9.15. The van der Waals surface area contributed by atoms with E-state index >= 15 is 0 Å². The summed E-state index contributed by atoms with van der Waals surface area (Å²) in [5.41, 5.74) is 1.51. The quantitative estimate of drug-likeness (QED) is 0.322. The Balaban J connectivity index is 1.59. The molecule has 28 heavy (non-hydrogen) atoms. The lowest BCUT2D eigenvalue weighted by molar-refractivity contribution is -0.392. The van der Waals surface area contributed by atoms with E-state index in [1.807, 2.05) is 18.7 Å². The topological polar surface area (TPSA) is 81.2 Å². The normalized spacial score (nSPS) is 31.5. The van der Waals surface area contributed by atoms with Gasteiger partial charge in [-0.3, -0.25) is 0 Å². The zero-order valence-electron chi connectivity index (χ0n) is 17.4. The van der Waals surface area contributed by atoms with Gasteiger partial charge in [0.25, 0.3) is 0 Å². The maximum Gasteiger partial charge on any atom is 0.342 e. The number of hydrogen-bond donors (Lipinski definition) is 1. The second kappa shape index (κ2) is 8.57. The highest BCUT2D eigenvalue weighted by molar-refractivity contribution is 7.99. The van der Waals surface area contributed by atoms with Gasteiger partial charge in [0.1, 0.15) is 12.7 Å². The van der Waals surface area contributed by atoms with E-state index in [0.29, 0.717) is 29.6 Å². The number of nitro groups is 1. The van der Waals surface area contributed by atoms with E-state index in [1.165, 1.54) is 12.6 Å². The van der Waals surface area contributed by atoms with Crippen molar-refractivity contribution in [1.29, 1.82) is 0 Å². The molecule has 6 nitrogen and oxygen atoms in total. The highest BCUT2D eigenvalue weighted by Crippen LogP contribution is 2.57. The first-order valence-corrected chi connectivity index (χ1v) is 11.4. The summed E-state index contributed by atoms with van der Waals surface area (Å²) in [5.74, 6) is 4.69. The van der Waals surface area contributed by atoms with Crippen LogP contribution in [0.3, 0.4) is 0 Å². The highest BCUT2D eigenvalue weighted by atomic mass is 32.2. The smallest absolute Gasteiger partial charge is 0.342 e. The maximum absolute atomic E-state index is 11.1. The third-order valence-corrected chi connectivity index (χ3v) is 8.07. The molecular weight excluding hydrogens is 374 g/mol. The molecule has 1 aromatic heterocycles. The minimum Gasteiger partial charge on any atom is -0.389 e. The summed E-state index contributed by atoms with van der Waals surface area (Å²) in [5, 5.41) is 21.5. The number of thioether (sulfide) groups is 1. The number of imidazole rings is 1. The van der Waals surface area contributed by atoms with Crippen LogP contribution in [0.25, 0.3) is 0 Å². The van der Waals surface area contributed by atoms with Crippen molar-refractivity contribution in [3.8, 4) is 0 Å². The predicted octanol–water partition coefficient (Wildman–Crippen LogP) is 4.60. The second-order valence-corrected chi connectivity index (χ2v) is 10.3. The number of nitrogens with zero attached hydrogens (tertiary/aromatic N) is 3. The third-order valence-electron chi connectivity index (χ3n) is 6.93. The summed E-state index contributed by atoms with van der Waals surface area (Å²) >= 11 is 1.88. The van der Waals surface area contributed by atoms with Crippen LogP contribution < -0.4 is 0 Å². The van der Waals surface area contributed by atoms with Gasteiger partial charge in [-0.25, -0.2) is 9.55 Å². The average Bonchev–Trinajstić information content (AvgIpc) is 3.00. The maximum atomic E-state index is 11.1. The van der Waals surface area contributed by atoms with Gasteiger partial charge in [0.05, 0.1) is 6.10 Å². The van der Waals surface area contributed by atoms with Crippen LogP contribution in [0.1, 0.15) is 52.3 Å². The summed E-state index contributed by atoms with van der Waals surface area (Å²) in [4.78, 5) is 14.9. The Bertz CT molecular complexity index is 743. The molecule has 3 rings (SSSR count). The van der Waals surface area contributed by atoms with Gasteiger partial charge in [-0.1, -0.05) is 19.9 Å². The van der Waals surface area contributed by atoms with Gasteiger partial charge in [0.2, 0.25) is 0 Å². The van der Waals surface area contributed by atoms with Crippen molar-refractivity contribution in [1.82, 2.24) is 9.55 Å². The van der Waals surface area contributed by atoms with Crippen molar-refractivity contribution in [2.24, 2.45) is 23.2 Å². The number of aromatic nitrogens is 2. The number of aliphatic hydroxyl groups excluding tert-OH is 1. The third kappa shape index (κ3) is 4.46. The molecule has 1 N–H and O–H groups in total. The zero-order valence-corrected chi connectivity index (χ0v) is 18.2. The van der Waals surface area contributed by atoms with E-state index in [9.17, 15) is 15.2 Å². The molecule has 0 amide bonds. The van der Waals surface area contributed by atoms with Crippen LogP contribution in [0.5, 0.6) is 0 Å². The molecule has 1 unspecified atom stereocenters. The SMILES string of the molecule is C/C1=C/C[C@@H]2[C@H](CC2(C)C)C(CSCCn2c([N+](=O)[O-])cnc2C)CC[C@H]1O. The first kappa shape index (κ1) is 21.4. The van der Waals surface area contributed by atoms with E-state index in [1.54, 1.807) is 4.57 Å². The molecule has 2 aliphatic rings. The Hall–Kier alpha value is -1.34. The van der Waals surface area contributed by atoms with E-state index in [0.717, 1.165) is 42.3 Å². The van der Waals surface area contributed by atoms with Crippen molar-refractivity contribution in [2.75, 3.05) is 11.5 Å². The summed E-state index contributed by atoms with van der Waals surface area (Å²) < 4.78 is 1.70. The molecule has 4 atom stereocenters. The molecule has 0 aromatic carbocycles. The van der Waals surface area contributed by atoms with Crippen molar-refractivity contribution in [3.05, 3.63) is 33.8 Å². The lowest BCUT2D eigenvalue weighted by Crippen LogP contribution is -2.47. The Kier molecular flexibility index (Phi) is 6.54. The van der Waals surface area contributed by atoms with Gasteiger partial charge < -0.3 is 15.2 Å². The minimum absolute atomic E-state index is 0.0750. The van der Waals surface area contributed by atoms with Gasteiger partial charge in [0, 0.05) is 12.7 Å². The molecule has 1 fully saturated rings. The van der Waals surface area contributed by atoms with E-state index in [-0.39, 0.29) is 16.8 Å². The zero-order chi connectivity index (χ0) is 20.5. The molecule has 0 saturated heterocycles. The fraction of sp³-hybridized carbons (Fsp3) is 0.762. The Morgan fingerprint density at radius 2 is 2.14 bits per heavy atom. The number of aryl methyl sites for hydroxylation is 1. The summed E-state index contributed by atoms with van der Waals surface area (Å²) in [6.45, 7) is 9.23. The summed E-state index contributed by atoms with van der Waals surface area (Å²) in [7, 11) is 0.